The number of ether oxygens (including phenoxy) is 1. The van der Waals surface area contributed by atoms with Crippen LogP contribution in [0.1, 0.15) is 17.2 Å². The van der Waals surface area contributed by atoms with E-state index >= 15 is 0 Å². The molecule has 4 rings (SSSR count). The molecule has 158 valence electrons. The fourth-order valence-electron chi connectivity index (χ4n) is 4.30. The van der Waals surface area contributed by atoms with Crippen molar-refractivity contribution in [1.29, 1.82) is 0 Å². The van der Waals surface area contributed by atoms with Gasteiger partial charge in [0.1, 0.15) is 6.04 Å². The van der Waals surface area contributed by atoms with Crippen molar-refractivity contribution in [2.45, 2.75) is 12.5 Å². The molecule has 0 unspecified atom stereocenters. The number of carbonyl (C=O) groups is 2. The van der Waals surface area contributed by atoms with Crippen LogP contribution >= 0.6 is 11.6 Å². The first-order chi connectivity index (χ1) is 14.6. The van der Waals surface area contributed by atoms with Crippen LogP contribution in [-0.4, -0.2) is 68.1 Å². The van der Waals surface area contributed by atoms with Crippen LogP contribution < -0.4 is 4.90 Å². The molecule has 0 aromatic heterocycles. The molecule has 6 nitrogen and oxygen atoms in total. The lowest BCUT2D eigenvalue weighted by Crippen LogP contribution is -2.54. The minimum absolute atomic E-state index is 0.0228. The molecule has 0 N–H and O–H groups in total. The molecular formula is C23H26ClN3O3. The van der Waals surface area contributed by atoms with E-state index in [4.69, 9.17) is 16.3 Å². The van der Waals surface area contributed by atoms with Crippen molar-refractivity contribution in [2.75, 3.05) is 51.3 Å². The van der Waals surface area contributed by atoms with E-state index < -0.39 is 6.04 Å². The highest BCUT2D eigenvalue weighted by atomic mass is 35.5. The van der Waals surface area contributed by atoms with E-state index in [0.717, 1.165) is 21.8 Å². The van der Waals surface area contributed by atoms with Gasteiger partial charge in [0.05, 0.1) is 23.7 Å². The highest BCUT2D eigenvalue weighted by Crippen LogP contribution is 2.33. The molecular weight excluding hydrogens is 402 g/mol. The summed E-state index contributed by atoms with van der Waals surface area (Å²) in [5.74, 6) is -0.0517. The summed E-state index contributed by atoms with van der Waals surface area (Å²) in [6.07, 6.45) is 0.323. The maximum atomic E-state index is 13.6. The first kappa shape index (κ1) is 20.7. The van der Waals surface area contributed by atoms with Crippen molar-refractivity contribution in [1.82, 2.24) is 9.80 Å². The van der Waals surface area contributed by atoms with Crippen molar-refractivity contribution in [3.05, 3.63) is 64.7 Å². The number of hydrogen-bond acceptors (Lipinski definition) is 4. The Balaban J connectivity index is 1.54. The molecule has 30 heavy (non-hydrogen) atoms. The van der Waals surface area contributed by atoms with E-state index in [1.165, 1.54) is 0 Å². The monoisotopic (exact) mass is 427 g/mol. The molecule has 2 aliphatic rings. The SMILES string of the molecule is COCCN1C(=O)Cc2ccccc2[C@@H]1C(=O)N1CCN(c2ccccc2Cl)CC1. The lowest BCUT2D eigenvalue weighted by molar-refractivity contribution is -0.147. The largest absolute Gasteiger partial charge is 0.383 e. The van der Waals surface area contributed by atoms with Crippen LogP contribution in [0.25, 0.3) is 0 Å². The Hall–Kier alpha value is -2.57. The molecule has 0 saturated carbocycles. The molecule has 1 saturated heterocycles. The van der Waals surface area contributed by atoms with Gasteiger partial charge in [-0.25, -0.2) is 0 Å². The first-order valence-corrected chi connectivity index (χ1v) is 10.6. The van der Waals surface area contributed by atoms with Gasteiger partial charge in [-0.3, -0.25) is 9.59 Å². The number of methoxy groups -OCH3 is 1. The topological polar surface area (TPSA) is 53.1 Å². The third-order valence-electron chi connectivity index (χ3n) is 5.88. The molecule has 0 aliphatic carbocycles. The van der Waals surface area contributed by atoms with E-state index in [2.05, 4.69) is 4.90 Å². The number of hydrogen-bond donors (Lipinski definition) is 0. The van der Waals surface area contributed by atoms with Gasteiger partial charge in [0, 0.05) is 39.8 Å². The third-order valence-corrected chi connectivity index (χ3v) is 6.20. The van der Waals surface area contributed by atoms with Crippen LogP contribution in [-0.2, 0) is 20.7 Å². The number of amides is 2. The molecule has 0 radical (unpaired) electrons. The molecule has 0 spiro atoms. The average molecular weight is 428 g/mol. The van der Waals surface area contributed by atoms with Crippen LogP contribution in [0.2, 0.25) is 5.02 Å². The van der Waals surface area contributed by atoms with Gasteiger partial charge in [0.15, 0.2) is 0 Å². The number of nitrogens with zero attached hydrogens (tertiary/aromatic N) is 3. The molecule has 2 heterocycles. The van der Waals surface area contributed by atoms with Crippen LogP contribution in [0.15, 0.2) is 48.5 Å². The number of carbonyl (C=O) groups excluding carboxylic acids is 2. The summed E-state index contributed by atoms with van der Waals surface area (Å²) in [5.41, 5.74) is 2.85. The maximum absolute atomic E-state index is 13.6. The lowest BCUT2D eigenvalue weighted by atomic mass is 9.91. The molecule has 0 bridgehead atoms. The van der Waals surface area contributed by atoms with Gasteiger partial charge in [-0.1, -0.05) is 48.0 Å². The lowest BCUT2D eigenvalue weighted by Gasteiger charge is -2.42. The van der Waals surface area contributed by atoms with Gasteiger partial charge in [-0.2, -0.15) is 0 Å². The van der Waals surface area contributed by atoms with Crippen LogP contribution in [0, 0.1) is 0 Å². The van der Waals surface area contributed by atoms with Gasteiger partial charge in [0.2, 0.25) is 11.8 Å². The summed E-state index contributed by atoms with van der Waals surface area (Å²) in [4.78, 5) is 32.2. The zero-order valence-electron chi connectivity index (χ0n) is 17.1. The molecule has 2 aromatic rings. The molecule has 7 heteroatoms. The average Bonchev–Trinajstić information content (AvgIpc) is 2.77. The third kappa shape index (κ3) is 4.02. The Morgan fingerprint density at radius 1 is 1.07 bits per heavy atom. The fraction of sp³-hybridized carbons (Fsp3) is 0.391. The van der Waals surface area contributed by atoms with E-state index in [1.54, 1.807) is 12.0 Å². The molecule has 2 aliphatic heterocycles. The zero-order chi connectivity index (χ0) is 21.1. The summed E-state index contributed by atoms with van der Waals surface area (Å²) in [7, 11) is 1.60. The van der Waals surface area contributed by atoms with Crippen LogP contribution in [0.5, 0.6) is 0 Å². The molecule has 2 aromatic carbocycles. The first-order valence-electron chi connectivity index (χ1n) is 10.2. The fourth-order valence-corrected chi connectivity index (χ4v) is 4.55. The van der Waals surface area contributed by atoms with Gasteiger partial charge in [-0.05, 0) is 23.3 Å². The highest BCUT2D eigenvalue weighted by Gasteiger charge is 2.39. The number of fused-ring (bicyclic) bond motifs is 1. The van der Waals surface area contributed by atoms with Crippen LogP contribution in [0.4, 0.5) is 5.69 Å². The van der Waals surface area contributed by atoms with Crippen molar-refractivity contribution in [3.63, 3.8) is 0 Å². The summed E-state index contributed by atoms with van der Waals surface area (Å²) in [6, 6.07) is 14.9. The summed E-state index contributed by atoms with van der Waals surface area (Å²) in [5, 5.41) is 0.717. The van der Waals surface area contributed by atoms with Crippen molar-refractivity contribution >= 4 is 29.1 Å². The second-order valence-electron chi connectivity index (χ2n) is 7.62. The van der Waals surface area contributed by atoms with E-state index in [1.807, 2.05) is 53.4 Å². The minimum Gasteiger partial charge on any atom is -0.383 e. The van der Waals surface area contributed by atoms with E-state index in [0.29, 0.717) is 45.8 Å². The van der Waals surface area contributed by atoms with E-state index in [-0.39, 0.29) is 11.8 Å². The summed E-state index contributed by atoms with van der Waals surface area (Å²) >= 11 is 6.34. The quantitative estimate of drug-likeness (QED) is 0.736. The van der Waals surface area contributed by atoms with Crippen molar-refractivity contribution < 1.29 is 14.3 Å². The number of anilines is 1. The second-order valence-corrected chi connectivity index (χ2v) is 8.03. The van der Waals surface area contributed by atoms with E-state index in [9.17, 15) is 9.59 Å². The standard InChI is InChI=1S/C23H26ClN3O3/c1-30-15-14-27-21(28)16-17-6-2-3-7-18(17)22(27)23(29)26-12-10-25(11-13-26)20-9-5-4-8-19(20)24/h2-9,22H,10-16H2,1H3/t22-/m1/s1. The number of piperazine rings is 1. The Bertz CT molecular complexity index is 927. The highest BCUT2D eigenvalue weighted by molar-refractivity contribution is 6.33. The van der Waals surface area contributed by atoms with Crippen molar-refractivity contribution in [3.8, 4) is 0 Å². The van der Waals surface area contributed by atoms with Gasteiger partial charge >= 0.3 is 0 Å². The van der Waals surface area contributed by atoms with Gasteiger partial charge < -0.3 is 19.4 Å². The Morgan fingerprint density at radius 2 is 1.77 bits per heavy atom. The van der Waals surface area contributed by atoms with Gasteiger partial charge in [-0.15, -0.1) is 0 Å². The van der Waals surface area contributed by atoms with Gasteiger partial charge in [0.25, 0.3) is 0 Å². The molecule has 1 fully saturated rings. The minimum atomic E-state index is -0.593. The maximum Gasteiger partial charge on any atom is 0.250 e. The summed E-state index contributed by atoms with van der Waals surface area (Å²) < 4.78 is 5.19. The Kier molecular flexibility index (Phi) is 6.25. The molecule has 2 amide bonds. The normalized spacial score (nSPS) is 19.1. The Morgan fingerprint density at radius 3 is 2.50 bits per heavy atom. The Labute approximate surface area is 182 Å². The second kappa shape index (κ2) is 9.06. The number of para-hydroxylation sites is 1. The number of rotatable bonds is 5. The van der Waals surface area contributed by atoms with Crippen LogP contribution in [0.3, 0.4) is 0 Å². The predicted molar refractivity (Wildman–Crippen MR) is 117 cm³/mol. The number of halogens is 1. The number of benzene rings is 2. The summed E-state index contributed by atoms with van der Waals surface area (Å²) in [6.45, 7) is 3.40. The predicted octanol–water partition coefficient (Wildman–Crippen LogP) is 2.76. The smallest absolute Gasteiger partial charge is 0.250 e. The van der Waals surface area contributed by atoms with Crippen molar-refractivity contribution in [2.24, 2.45) is 0 Å². The molecule has 1 atom stereocenters. The zero-order valence-corrected chi connectivity index (χ0v) is 17.8.